The Morgan fingerprint density at radius 2 is 1.90 bits per heavy atom. The lowest BCUT2D eigenvalue weighted by Gasteiger charge is -2.07. The molecule has 1 heterocycles. The van der Waals surface area contributed by atoms with Crippen LogP contribution in [0.2, 0.25) is 0 Å². The van der Waals surface area contributed by atoms with E-state index in [1.807, 2.05) is 12.1 Å². The van der Waals surface area contributed by atoms with E-state index in [1.165, 1.54) is 12.1 Å². The molecule has 0 aliphatic rings. The Kier molecular flexibility index (Phi) is 3.64. The van der Waals surface area contributed by atoms with Crippen LogP contribution in [0, 0.1) is 5.82 Å². The fourth-order valence-electron chi connectivity index (χ4n) is 2.24. The van der Waals surface area contributed by atoms with Crippen LogP contribution in [0.1, 0.15) is 11.4 Å². The van der Waals surface area contributed by atoms with E-state index in [-0.39, 0.29) is 11.6 Å². The average Bonchev–Trinajstić information content (AvgIpc) is 2.95. The van der Waals surface area contributed by atoms with Crippen molar-refractivity contribution < 1.29 is 9.50 Å². The number of rotatable bonds is 4. The number of hydrogen-bond acceptors (Lipinski definition) is 3. The quantitative estimate of drug-likeness (QED) is 0.801. The van der Waals surface area contributed by atoms with Crippen molar-refractivity contribution in [2.45, 2.75) is 12.8 Å². The molecule has 21 heavy (non-hydrogen) atoms. The summed E-state index contributed by atoms with van der Waals surface area (Å²) in [6.45, 7) is 0. The van der Waals surface area contributed by atoms with Gasteiger partial charge in [0, 0.05) is 6.42 Å². The number of benzene rings is 2. The van der Waals surface area contributed by atoms with Gasteiger partial charge < -0.3 is 5.11 Å². The first-order valence-electron chi connectivity index (χ1n) is 6.66. The zero-order valence-corrected chi connectivity index (χ0v) is 11.3. The van der Waals surface area contributed by atoms with Crippen molar-refractivity contribution in [1.82, 2.24) is 14.8 Å². The molecule has 4 nitrogen and oxygen atoms in total. The molecule has 0 fully saturated rings. The molecule has 0 aliphatic carbocycles. The smallest absolute Gasteiger partial charge is 0.137 e. The minimum Gasteiger partial charge on any atom is -0.508 e. The van der Waals surface area contributed by atoms with Gasteiger partial charge in [0.2, 0.25) is 0 Å². The summed E-state index contributed by atoms with van der Waals surface area (Å²) in [7, 11) is 0. The van der Waals surface area contributed by atoms with Crippen LogP contribution in [0.3, 0.4) is 0 Å². The van der Waals surface area contributed by atoms with E-state index in [0.717, 1.165) is 11.4 Å². The van der Waals surface area contributed by atoms with Gasteiger partial charge in [-0.2, -0.15) is 0 Å². The standard InChI is InChI=1S/C16H14FN3O/c17-13-5-3-6-14(10-13)20-11-18-19-16(20)9-8-12-4-1-2-7-15(12)21/h1-7,10-11,21H,8-9H2. The van der Waals surface area contributed by atoms with Gasteiger partial charge in [0.1, 0.15) is 23.7 Å². The third-order valence-corrected chi connectivity index (χ3v) is 3.31. The number of phenols is 1. The molecule has 3 aromatic rings. The predicted molar refractivity (Wildman–Crippen MR) is 76.8 cm³/mol. The highest BCUT2D eigenvalue weighted by Crippen LogP contribution is 2.18. The van der Waals surface area contributed by atoms with Gasteiger partial charge >= 0.3 is 0 Å². The lowest BCUT2D eigenvalue weighted by Crippen LogP contribution is -2.03. The largest absolute Gasteiger partial charge is 0.508 e. The molecule has 1 aromatic heterocycles. The van der Waals surface area contributed by atoms with Gasteiger partial charge in [0.15, 0.2) is 0 Å². The number of aromatic nitrogens is 3. The second-order valence-corrected chi connectivity index (χ2v) is 4.73. The molecule has 0 spiro atoms. The van der Waals surface area contributed by atoms with Gasteiger partial charge in [-0.05, 0) is 36.2 Å². The molecule has 0 saturated carbocycles. The highest BCUT2D eigenvalue weighted by atomic mass is 19.1. The fourth-order valence-corrected chi connectivity index (χ4v) is 2.24. The topological polar surface area (TPSA) is 50.9 Å². The number of aromatic hydroxyl groups is 1. The summed E-state index contributed by atoms with van der Waals surface area (Å²) in [5.41, 5.74) is 1.54. The summed E-state index contributed by atoms with van der Waals surface area (Å²) in [6, 6.07) is 13.5. The monoisotopic (exact) mass is 283 g/mol. The van der Waals surface area contributed by atoms with Crippen LogP contribution in [0.15, 0.2) is 54.9 Å². The summed E-state index contributed by atoms with van der Waals surface area (Å²) in [4.78, 5) is 0. The molecule has 0 saturated heterocycles. The van der Waals surface area contributed by atoms with Gasteiger partial charge in [-0.15, -0.1) is 10.2 Å². The molecule has 0 atom stereocenters. The first kappa shape index (κ1) is 13.3. The van der Waals surface area contributed by atoms with E-state index in [4.69, 9.17) is 0 Å². The first-order chi connectivity index (χ1) is 10.2. The maximum Gasteiger partial charge on any atom is 0.137 e. The summed E-state index contributed by atoms with van der Waals surface area (Å²) in [6.07, 6.45) is 2.81. The van der Waals surface area contributed by atoms with Crippen LogP contribution in [0.5, 0.6) is 5.75 Å². The molecular formula is C16H14FN3O. The summed E-state index contributed by atoms with van der Waals surface area (Å²) in [5, 5.41) is 17.7. The van der Waals surface area contributed by atoms with Crippen LogP contribution in [0.25, 0.3) is 5.69 Å². The summed E-state index contributed by atoms with van der Waals surface area (Å²) in [5.74, 6) is 0.700. The number of halogens is 1. The van der Waals surface area contributed by atoms with Crippen molar-refractivity contribution in [2.75, 3.05) is 0 Å². The number of hydrogen-bond donors (Lipinski definition) is 1. The minimum atomic E-state index is -0.298. The van der Waals surface area contributed by atoms with Crippen LogP contribution < -0.4 is 0 Å². The maximum atomic E-state index is 13.3. The molecular weight excluding hydrogens is 269 g/mol. The molecule has 106 valence electrons. The molecule has 5 heteroatoms. The second kappa shape index (κ2) is 5.75. The number of aryl methyl sites for hydroxylation is 2. The van der Waals surface area contributed by atoms with E-state index in [0.29, 0.717) is 18.5 Å². The van der Waals surface area contributed by atoms with Crippen LogP contribution >= 0.6 is 0 Å². The van der Waals surface area contributed by atoms with E-state index >= 15 is 0 Å². The van der Waals surface area contributed by atoms with Crippen molar-refractivity contribution in [1.29, 1.82) is 0 Å². The molecule has 2 aromatic carbocycles. The molecule has 1 N–H and O–H groups in total. The van der Waals surface area contributed by atoms with E-state index in [9.17, 15) is 9.50 Å². The lowest BCUT2D eigenvalue weighted by molar-refractivity contribution is 0.467. The van der Waals surface area contributed by atoms with E-state index in [2.05, 4.69) is 10.2 Å². The van der Waals surface area contributed by atoms with Gasteiger partial charge in [0.25, 0.3) is 0 Å². The zero-order chi connectivity index (χ0) is 14.7. The van der Waals surface area contributed by atoms with E-state index in [1.54, 1.807) is 35.2 Å². The Labute approximate surface area is 121 Å². The van der Waals surface area contributed by atoms with Crippen LogP contribution in [0.4, 0.5) is 4.39 Å². The predicted octanol–water partition coefficient (Wildman–Crippen LogP) is 2.90. The Morgan fingerprint density at radius 1 is 1.05 bits per heavy atom. The number of phenolic OH excluding ortho intramolecular Hbond substituents is 1. The molecule has 0 unspecified atom stereocenters. The van der Waals surface area contributed by atoms with E-state index < -0.39 is 0 Å². The van der Waals surface area contributed by atoms with Crippen molar-refractivity contribution >= 4 is 0 Å². The molecule has 0 aliphatic heterocycles. The third-order valence-electron chi connectivity index (χ3n) is 3.31. The fraction of sp³-hybridized carbons (Fsp3) is 0.125. The van der Waals surface area contributed by atoms with Crippen LogP contribution in [-0.4, -0.2) is 19.9 Å². The highest BCUT2D eigenvalue weighted by Gasteiger charge is 2.08. The molecule has 0 bridgehead atoms. The summed E-state index contributed by atoms with van der Waals surface area (Å²) >= 11 is 0. The minimum absolute atomic E-state index is 0.273. The first-order valence-corrected chi connectivity index (χ1v) is 6.66. The normalized spacial score (nSPS) is 10.7. The number of para-hydroxylation sites is 1. The molecule has 0 amide bonds. The van der Waals surface area contributed by atoms with Crippen molar-refractivity contribution in [3.8, 4) is 11.4 Å². The lowest BCUT2D eigenvalue weighted by atomic mass is 10.1. The van der Waals surface area contributed by atoms with Crippen LogP contribution in [-0.2, 0) is 12.8 Å². The van der Waals surface area contributed by atoms with Crippen molar-refractivity contribution in [3.05, 3.63) is 72.1 Å². The Bertz CT molecular complexity index is 755. The average molecular weight is 283 g/mol. The Hall–Kier alpha value is -2.69. The van der Waals surface area contributed by atoms with Crippen molar-refractivity contribution in [3.63, 3.8) is 0 Å². The van der Waals surface area contributed by atoms with Crippen molar-refractivity contribution in [2.24, 2.45) is 0 Å². The number of nitrogens with zero attached hydrogens (tertiary/aromatic N) is 3. The molecule has 3 rings (SSSR count). The summed E-state index contributed by atoms with van der Waals surface area (Å²) < 4.78 is 15.1. The van der Waals surface area contributed by atoms with Gasteiger partial charge in [-0.3, -0.25) is 4.57 Å². The Balaban J connectivity index is 1.82. The van der Waals surface area contributed by atoms with Gasteiger partial charge in [0.05, 0.1) is 5.69 Å². The van der Waals surface area contributed by atoms with Gasteiger partial charge in [-0.25, -0.2) is 4.39 Å². The zero-order valence-electron chi connectivity index (χ0n) is 11.3. The third kappa shape index (κ3) is 2.91. The van der Waals surface area contributed by atoms with Gasteiger partial charge in [-0.1, -0.05) is 24.3 Å². The maximum absolute atomic E-state index is 13.3. The highest BCUT2D eigenvalue weighted by molar-refractivity contribution is 5.34. The second-order valence-electron chi connectivity index (χ2n) is 4.73. The molecule has 0 radical (unpaired) electrons. The Morgan fingerprint density at radius 3 is 2.71 bits per heavy atom. The SMILES string of the molecule is Oc1ccccc1CCc1nncn1-c1cccc(F)c1.